The lowest BCUT2D eigenvalue weighted by atomic mass is 10.1. The molecule has 0 amide bonds. The summed E-state index contributed by atoms with van der Waals surface area (Å²) in [6.45, 7) is 3.65. The molecular weight excluding hydrogens is 150 g/mol. The van der Waals surface area contributed by atoms with Gasteiger partial charge in [-0.15, -0.1) is 6.58 Å². The molecule has 62 valence electrons. The summed E-state index contributed by atoms with van der Waals surface area (Å²) in [5, 5.41) is 11.2. The van der Waals surface area contributed by atoms with E-state index >= 15 is 0 Å². The SMILES string of the molecule is C=CCc1ccc(/C=N\O)cc1. The molecule has 0 aromatic heterocycles. The van der Waals surface area contributed by atoms with Gasteiger partial charge in [0.1, 0.15) is 0 Å². The lowest BCUT2D eigenvalue weighted by Gasteiger charge is -1.95. The van der Waals surface area contributed by atoms with Gasteiger partial charge in [-0.2, -0.15) is 0 Å². The summed E-state index contributed by atoms with van der Waals surface area (Å²) in [6.07, 6.45) is 4.13. The largest absolute Gasteiger partial charge is 0.411 e. The van der Waals surface area contributed by atoms with Crippen LogP contribution in [-0.4, -0.2) is 11.4 Å². The summed E-state index contributed by atoms with van der Waals surface area (Å²) < 4.78 is 0. The highest BCUT2D eigenvalue weighted by Crippen LogP contribution is 2.03. The molecule has 1 N–H and O–H groups in total. The average Bonchev–Trinajstić information content (AvgIpc) is 2.09. The molecule has 1 rings (SSSR count). The van der Waals surface area contributed by atoms with Gasteiger partial charge in [0.25, 0.3) is 0 Å². The molecule has 0 aliphatic rings. The maximum absolute atomic E-state index is 8.25. The maximum Gasteiger partial charge on any atom is 0.0733 e. The highest BCUT2D eigenvalue weighted by molar-refractivity contribution is 5.78. The normalized spacial score (nSPS) is 10.3. The lowest BCUT2D eigenvalue weighted by molar-refractivity contribution is 0.322. The minimum atomic E-state index is 0.872. The van der Waals surface area contributed by atoms with Crippen molar-refractivity contribution in [2.75, 3.05) is 0 Å². The van der Waals surface area contributed by atoms with Crippen LogP contribution in [0.25, 0.3) is 0 Å². The summed E-state index contributed by atoms with van der Waals surface area (Å²) in [6, 6.07) is 7.77. The number of oxime groups is 1. The first-order valence-corrected chi connectivity index (χ1v) is 3.74. The van der Waals surface area contributed by atoms with Gasteiger partial charge < -0.3 is 5.21 Å². The van der Waals surface area contributed by atoms with E-state index in [1.807, 2.05) is 30.3 Å². The third-order valence-electron chi connectivity index (χ3n) is 1.57. The summed E-state index contributed by atoms with van der Waals surface area (Å²) in [4.78, 5) is 0. The number of allylic oxidation sites excluding steroid dienone is 1. The number of hydrogen-bond donors (Lipinski definition) is 1. The topological polar surface area (TPSA) is 32.6 Å². The molecule has 0 heterocycles. The predicted molar refractivity (Wildman–Crippen MR) is 49.7 cm³/mol. The van der Waals surface area contributed by atoms with Gasteiger partial charge in [0, 0.05) is 0 Å². The van der Waals surface area contributed by atoms with Crippen molar-refractivity contribution in [2.24, 2.45) is 5.16 Å². The van der Waals surface area contributed by atoms with E-state index in [1.165, 1.54) is 11.8 Å². The first-order chi connectivity index (χ1) is 5.86. The zero-order chi connectivity index (χ0) is 8.81. The van der Waals surface area contributed by atoms with E-state index in [2.05, 4.69) is 11.7 Å². The number of nitrogens with zero attached hydrogens (tertiary/aromatic N) is 1. The molecule has 0 saturated carbocycles. The summed E-state index contributed by atoms with van der Waals surface area (Å²) in [5.41, 5.74) is 2.10. The molecule has 0 bridgehead atoms. The Morgan fingerprint density at radius 2 is 2.00 bits per heavy atom. The molecule has 1 aromatic rings. The van der Waals surface area contributed by atoms with E-state index in [-0.39, 0.29) is 0 Å². The Morgan fingerprint density at radius 1 is 1.33 bits per heavy atom. The Hall–Kier alpha value is -1.57. The van der Waals surface area contributed by atoms with Crippen molar-refractivity contribution in [3.63, 3.8) is 0 Å². The van der Waals surface area contributed by atoms with Crippen LogP contribution in [0.2, 0.25) is 0 Å². The van der Waals surface area contributed by atoms with E-state index < -0.39 is 0 Å². The van der Waals surface area contributed by atoms with E-state index in [0.29, 0.717) is 0 Å². The van der Waals surface area contributed by atoms with Gasteiger partial charge in [-0.25, -0.2) is 0 Å². The summed E-state index contributed by atoms with van der Waals surface area (Å²) in [5.74, 6) is 0. The van der Waals surface area contributed by atoms with Gasteiger partial charge in [-0.05, 0) is 17.5 Å². The highest BCUT2D eigenvalue weighted by atomic mass is 16.4. The Bertz CT molecular complexity index is 274. The molecule has 0 aliphatic carbocycles. The van der Waals surface area contributed by atoms with Crippen LogP contribution in [0, 0.1) is 0 Å². The molecule has 1 aromatic carbocycles. The third-order valence-corrected chi connectivity index (χ3v) is 1.57. The molecule has 0 radical (unpaired) electrons. The zero-order valence-corrected chi connectivity index (χ0v) is 6.77. The Morgan fingerprint density at radius 3 is 2.50 bits per heavy atom. The fourth-order valence-corrected chi connectivity index (χ4v) is 0.973. The molecule has 0 unspecified atom stereocenters. The highest BCUT2D eigenvalue weighted by Gasteiger charge is 1.89. The van der Waals surface area contributed by atoms with E-state index in [9.17, 15) is 0 Å². The molecule has 0 saturated heterocycles. The molecule has 2 nitrogen and oxygen atoms in total. The molecule has 0 spiro atoms. The lowest BCUT2D eigenvalue weighted by Crippen LogP contribution is -1.83. The van der Waals surface area contributed by atoms with Crippen molar-refractivity contribution >= 4 is 6.21 Å². The molecule has 2 heteroatoms. The minimum Gasteiger partial charge on any atom is -0.411 e. The minimum absolute atomic E-state index is 0.872. The second kappa shape index (κ2) is 4.34. The number of hydrogen-bond acceptors (Lipinski definition) is 2. The molecular formula is C10H11NO. The van der Waals surface area contributed by atoms with Crippen molar-refractivity contribution in [1.29, 1.82) is 0 Å². The van der Waals surface area contributed by atoms with Crippen LogP contribution in [0.4, 0.5) is 0 Å². The Balaban J connectivity index is 2.77. The zero-order valence-electron chi connectivity index (χ0n) is 6.77. The third kappa shape index (κ3) is 2.23. The van der Waals surface area contributed by atoms with Crippen molar-refractivity contribution in [3.8, 4) is 0 Å². The predicted octanol–water partition coefficient (Wildman–Crippen LogP) is 2.22. The van der Waals surface area contributed by atoms with Crippen LogP contribution in [0.1, 0.15) is 11.1 Å². The van der Waals surface area contributed by atoms with Crippen molar-refractivity contribution in [2.45, 2.75) is 6.42 Å². The van der Waals surface area contributed by atoms with Crippen LogP contribution in [0.5, 0.6) is 0 Å². The fourth-order valence-electron chi connectivity index (χ4n) is 0.973. The standard InChI is InChI=1S/C10H11NO/c1-2-3-9-4-6-10(7-5-9)8-11-12/h2,4-8,12H,1,3H2/b11-8-. The second-order valence-electron chi connectivity index (χ2n) is 2.48. The van der Waals surface area contributed by atoms with Gasteiger partial charge in [-0.3, -0.25) is 0 Å². The molecule has 0 atom stereocenters. The maximum atomic E-state index is 8.25. The van der Waals surface area contributed by atoms with E-state index in [4.69, 9.17) is 5.21 Å². The van der Waals surface area contributed by atoms with Crippen LogP contribution >= 0.6 is 0 Å². The Kier molecular flexibility index (Phi) is 3.08. The first kappa shape index (κ1) is 8.53. The van der Waals surface area contributed by atoms with Gasteiger partial charge in [0.2, 0.25) is 0 Å². The van der Waals surface area contributed by atoms with Crippen LogP contribution in [0.3, 0.4) is 0 Å². The van der Waals surface area contributed by atoms with Gasteiger partial charge >= 0.3 is 0 Å². The fraction of sp³-hybridized carbons (Fsp3) is 0.100. The van der Waals surface area contributed by atoms with Gasteiger partial charge in [0.05, 0.1) is 6.21 Å². The number of benzene rings is 1. The van der Waals surface area contributed by atoms with E-state index in [1.54, 1.807) is 0 Å². The number of rotatable bonds is 3. The van der Waals surface area contributed by atoms with E-state index in [0.717, 1.165) is 12.0 Å². The first-order valence-electron chi connectivity index (χ1n) is 3.74. The molecule has 12 heavy (non-hydrogen) atoms. The smallest absolute Gasteiger partial charge is 0.0733 e. The van der Waals surface area contributed by atoms with Crippen molar-refractivity contribution in [3.05, 3.63) is 48.0 Å². The second-order valence-corrected chi connectivity index (χ2v) is 2.48. The average molecular weight is 161 g/mol. The van der Waals surface area contributed by atoms with Crippen molar-refractivity contribution in [1.82, 2.24) is 0 Å². The Labute approximate surface area is 71.8 Å². The van der Waals surface area contributed by atoms with Crippen LogP contribution in [0.15, 0.2) is 42.1 Å². The quantitative estimate of drug-likeness (QED) is 0.313. The monoisotopic (exact) mass is 161 g/mol. The van der Waals surface area contributed by atoms with Gasteiger partial charge in [-0.1, -0.05) is 35.5 Å². The molecule has 0 aliphatic heterocycles. The van der Waals surface area contributed by atoms with Gasteiger partial charge in [0.15, 0.2) is 0 Å². The summed E-state index contributed by atoms with van der Waals surface area (Å²) >= 11 is 0. The molecule has 0 fully saturated rings. The van der Waals surface area contributed by atoms with Crippen LogP contribution in [-0.2, 0) is 6.42 Å². The summed E-state index contributed by atoms with van der Waals surface area (Å²) in [7, 11) is 0. The van der Waals surface area contributed by atoms with Crippen molar-refractivity contribution < 1.29 is 5.21 Å². The van der Waals surface area contributed by atoms with Crippen LogP contribution < -0.4 is 0 Å².